The maximum atomic E-state index is 12.8. The molecule has 1 aliphatic rings. The molecule has 184 valence electrons. The molecule has 1 amide bonds. The summed E-state index contributed by atoms with van der Waals surface area (Å²) < 4.78 is 25.2. The van der Waals surface area contributed by atoms with Crippen molar-refractivity contribution in [2.45, 2.75) is 12.6 Å². The summed E-state index contributed by atoms with van der Waals surface area (Å²) >= 11 is 0. The first-order valence-electron chi connectivity index (χ1n) is 11.5. The van der Waals surface area contributed by atoms with Gasteiger partial charge >= 0.3 is 0 Å². The third-order valence-corrected chi connectivity index (χ3v) is 6.62. The summed E-state index contributed by atoms with van der Waals surface area (Å²) in [5, 5.41) is 3.06. The van der Waals surface area contributed by atoms with E-state index in [1.165, 1.54) is 5.56 Å². The van der Waals surface area contributed by atoms with Gasteiger partial charge in [-0.1, -0.05) is 36.4 Å². The smallest absolute Gasteiger partial charge is 0.251 e. The second kappa shape index (κ2) is 10.8. The van der Waals surface area contributed by atoms with Gasteiger partial charge in [0.15, 0.2) is 0 Å². The van der Waals surface area contributed by atoms with Crippen molar-refractivity contribution in [3.63, 3.8) is 0 Å². The molecule has 1 heterocycles. The Bertz CT molecular complexity index is 1250. The summed E-state index contributed by atoms with van der Waals surface area (Å²) in [4.78, 5) is 17.6. The number of carbonyl (C=O) groups is 1. The van der Waals surface area contributed by atoms with Crippen LogP contribution in [0, 0.1) is 0 Å². The molecule has 0 aromatic heterocycles. The van der Waals surface area contributed by atoms with Gasteiger partial charge in [-0.05, 0) is 48.0 Å². The van der Waals surface area contributed by atoms with E-state index in [0.717, 1.165) is 43.8 Å². The van der Waals surface area contributed by atoms with Crippen molar-refractivity contribution in [3.05, 3.63) is 90.0 Å². The Hall–Kier alpha value is -3.56. The SMILES string of the molecule is CS(=O)(=O)Nc1ccc(C(=O)NCC2CN(c3cccc(N)c3)CCN2Cc2ccccc2)cc1. The standard InChI is InChI=1S/C26H31N5O3S/c1-35(33,34)29-23-12-10-21(11-13-23)26(32)28-17-25-19-31(24-9-5-8-22(27)16-24)15-14-30(25)18-20-6-3-2-4-7-20/h2-13,16,25,29H,14-15,17-19,27H2,1H3,(H,28,32). The molecule has 1 aliphatic heterocycles. The van der Waals surface area contributed by atoms with Crippen molar-refractivity contribution >= 4 is 33.0 Å². The Morgan fingerprint density at radius 3 is 2.43 bits per heavy atom. The zero-order valence-electron chi connectivity index (χ0n) is 19.7. The molecular weight excluding hydrogens is 462 g/mol. The Kier molecular flexibility index (Phi) is 7.57. The molecule has 1 atom stereocenters. The van der Waals surface area contributed by atoms with Crippen molar-refractivity contribution in [1.29, 1.82) is 0 Å². The van der Waals surface area contributed by atoms with E-state index in [0.29, 0.717) is 17.8 Å². The molecule has 0 saturated carbocycles. The van der Waals surface area contributed by atoms with Gasteiger partial charge in [0, 0.05) is 61.4 Å². The first-order valence-corrected chi connectivity index (χ1v) is 13.4. The molecular formula is C26H31N5O3S. The maximum absolute atomic E-state index is 12.8. The Balaban J connectivity index is 1.44. The highest BCUT2D eigenvalue weighted by molar-refractivity contribution is 7.92. The summed E-state index contributed by atoms with van der Waals surface area (Å²) in [7, 11) is -3.37. The topological polar surface area (TPSA) is 108 Å². The fourth-order valence-corrected chi connectivity index (χ4v) is 4.85. The molecule has 0 spiro atoms. The van der Waals surface area contributed by atoms with Gasteiger partial charge in [0.25, 0.3) is 5.91 Å². The molecule has 3 aromatic carbocycles. The average Bonchev–Trinajstić information content (AvgIpc) is 2.83. The molecule has 3 aromatic rings. The number of carbonyl (C=O) groups excluding carboxylic acids is 1. The van der Waals surface area contributed by atoms with Crippen molar-refractivity contribution in [2.24, 2.45) is 0 Å². The third-order valence-electron chi connectivity index (χ3n) is 6.02. The largest absolute Gasteiger partial charge is 0.399 e. The van der Waals surface area contributed by atoms with Gasteiger partial charge in [-0.2, -0.15) is 0 Å². The van der Waals surface area contributed by atoms with Gasteiger partial charge in [-0.25, -0.2) is 8.42 Å². The predicted molar refractivity (Wildman–Crippen MR) is 141 cm³/mol. The van der Waals surface area contributed by atoms with Crippen molar-refractivity contribution in [2.75, 3.05) is 47.8 Å². The number of nitrogens with one attached hydrogen (secondary N) is 2. The van der Waals surface area contributed by atoms with Crippen LogP contribution in [0.15, 0.2) is 78.9 Å². The van der Waals surface area contributed by atoms with E-state index in [4.69, 9.17) is 5.73 Å². The summed E-state index contributed by atoms with van der Waals surface area (Å²) in [5.74, 6) is -0.198. The van der Waals surface area contributed by atoms with Crippen LogP contribution in [-0.2, 0) is 16.6 Å². The van der Waals surface area contributed by atoms with Gasteiger partial charge in [-0.15, -0.1) is 0 Å². The number of hydrogen-bond donors (Lipinski definition) is 3. The normalized spacial score (nSPS) is 16.6. The molecule has 8 nitrogen and oxygen atoms in total. The molecule has 1 unspecified atom stereocenters. The number of rotatable bonds is 8. The van der Waals surface area contributed by atoms with E-state index in [2.05, 4.69) is 38.0 Å². The van der Waals surface area contributed by atoms with Gasteiger partial charge in [0.05, 0.1) is 6.26 Å². The lowest BCUT2D eigenvalue weighted by molar-refractivity contribution is 0.0924. The molecule has 0 aliphatic carbocycles. The quantitative estimate of drug-likeness (QED) is 0.417. The molecule has 4 rings (SSSR count). The number of piperazine rings is 1. The Labute approximate surface area is 206 Å². The number of nitrogens with two attached hydrogens (primary N) is 1. The zero-order chi connectivity index (χ0) is 24.8. The first kappa shape index (κ1) is 24.6. The number of anilines is 3. The predicted octanol–water partition coefficient (Wildman–Crippen LogP) is 2.76. The lowest BCUT2D eigenvalue weighted by atomic mass is 10.1. The summed E-state index contributed by atoms with van der Waals surface area (Å²) in [6.45, 7) is 3.77. The minimum absolute atomic E-state index is 0.0977. The van der Waals surface area contributed by atoms with E-state index in [-0.39, 0.29) is 11.9 Å². The van der Waals surface area contributed by atoms with Gasteiger partial charge in [0.1, 0.15) is 0 Å². The van der Waals surface area contributed by atoms with Crippen LogP contribution in [0.4, 0.5) is 17.1 Å². The molecule has 4 N–H and O–H groups in total. The summed E-state index contributed by atoms with van der Waals surface area (Å²) in [5.41, 5.74) is 9.94. The number of nitrogen functional groups attached to an aromatic ring is 1. The van der Waals surface area contributed by atoms with E-state index in [9.17, 15) is 13.2 Å². The van der Waals surface area contributed by atoms with E-state index in [1.807, 2.05) is 36.4 Å². The zero-order valence-corrected chi connectivity index (χ0v) is 20.5. The highest BCUT2D eigenvalue weighted by Gasteiger charge is 2.28. The van der Waals surface area contributed by atoms with Crippen molar-refractivity contribution in [3.8, 4) is 0 Å². The third kappa shape index (κ3) is 6.97. The molecule has 1 saturated heterocycles. The number of nitrogens with zero attached hydrogens (tertiary/aromatic N) is 2. The Morgan fingerprint density at radius 2 is 1.74 bits per heavy atom. The minimum Gasteiger partial charge on any atom is -0.399 e. The lowest BCUT2D eigenvalue weighted by Crippen LogP contribution is -2.56. The molecule has 0 radical (unpaired) electrons. The molecule has 1 fully saturated rings. The number of hydrogen-bond acceptors (Lipinski definition) is 6. The minimum atomic E-state index is -3.37. The highest BCUT2D eigenvalue weighted by Crippen LogP contribution is 2.22. The van der Waals surface area contributed by atoms with E-state index in [1.54, 1.807) is 24.3 Å². The monoisotopic (exact) mass is 493 g/mol. The Morgan fingerprint density at radius 1 is 1.00 bits per heavy atom. The lowest BCUT2D eigenvalue weighted by Gasteiger charge is -2.42. The van der Waals surface area contributed by atoms with Gasteiger partial charge in [-0.3, -0.25) is 14.4 Å². The number of amides is 1. The molecule has 35 heavy (non-hydrogen) atoms. The van der Waals surface area contributed by atoms with Crippen molar-refractivity contribution in [1.82, 2.24) is 10.2 Å². The van der Waals surface area contributed by atoms with Crippen LogP contribution >= 0.6 is 0 Å². The second-order valence-electron chi connectivity index (χ2n) is 8.81. The molecule has 0 bridgehead atoms. The number of benzene rings is 3. The highest BCUT2D eigenvalue weighted by atomic mass is 32.2. The summed E-state index contributed by atoms with van der Waals surface area (Å²) in [6.07, 6.45) is 1.09. The fourth-order valence-electron chi connectivity index (χ4n) is 4.28. The maximum Gasteiger partial charge on any atom is 0.251 e. The van der Waals surface area contributed by atoms with E-state index >= 15 is 0 Å². The van der Waals surface area contributed by atoms with Crippen LogP contribution in [0.1, 0.15) is 15.9 Å². The fraction of sp³-hybridized carbons (Fsp3) is 0.269. The number of sulfonamides is 1. The van der Waals surface area contributed by atoms with Crippen molar-refractivity contribution < 1.29 is 13.2 Å². The van der Waals surface area contributed by atoms with Crippen LogP contribution in [0.25, 0.3) is 0 Å². The van der Waals surface area contributed by atoms with Crippen LogP contribution in [0.3, 0.4) is 0 Å². The summed E-state index contributed by atoms with van der Waals surface area (Å²) in [6, 6.07) is 24.7. The second-order valence-corrected chi connectivity index (χ2v) is 10.6. The van der Waals surface area contributed by atoms with E-state index < -0.39 is 10.0 Å². The average molecular weight is 494 g/mol. The van der Waals surface area contributed by atoms with Crippen LogP contribution in [0.2, 0.25) is 0 Å². The van der Waals surface area contributed by atoms with Gasteiger partial charge < -0.3 is 16.0 Å². The van der Waals surface area contributed by atoms with Gasteiger partial charge in [0.2, 0.25) is 10.0 Å². The van der Waals surface area contributed by atoms with Crippen LogP contribution < -0.4 is 20.7 Å². The van der Waals surface area contributed by atoms with Crippen LogP contribution in [0.5, 0.6) is 0 Å². The van der Waals surface area contributed by atoms with Crippen LogP contribution in [-0.4, -0.2) is 57.7 Å². The molecule has 9 heteroatoms. The first-order chi connectivity index (χ1) is 16.8.